The molecule has 100 valence electrons. The molecule has 2 nitrogen and oxygen atoms in total. The standard InChI is InChI=1S/C14H11ClF2O2/c1-8(18)11-6-9(16)2-5-14(11)19-10-3-4-12(15)13(17)7-10/h2-8,18H,1H3/t8-/m0/s1. The van der Waals surface area contributed by atoms with E-state index in [4.69, 9.17) is 16.3 Å². The van der Waals surface area contributed by atoms with Gasteiger partial charge in [-0.2, -0.15) is 0 Å². The van der Waals surface area contributed by atoms with Gasteiger partial charge in [0.1, 0.15) is 23.1 Å². The van der Waals surface area contributed by atoms with Crippen molar-refractivity contribution in [2.75, 3.05) is 0 Å². The molecule has 1 N–H and O–H groups in total. The minimum Gasteiger partial charge on any atom is -0.457 e. The van der Waals surface area contributed by atoms with Gasteiger partial charge in [0, 0.05) is 11.6 Å². The zero-order valence-electron chi connectivity index (χ0n) is 10.0. The van der Waals surface area contributed by atoms with Gasteiger partial charge in [-0.3, -0.25) is 0 Å². The molecule has 2 aromatic rings. The van der Waals surface area contributed by atoms with E-state index in [1.54, 1.807) is 0 Å². The van der Waals surface area contributed by atoms with E-state index in [9.17, 15) is 13.9 Å². The largest absolute Gasteiger partial charge is 0.457 e. The molecule has 0 saturated heterocycles. The molecule has 0 aromatic heterocycles. The van der Waals surface area contributed by atoms with E-state index in [0.717, 1.165) is 6.07 Å². The van der Waals surface area contributed by atoms with Crippen LogP contribution in [0.25, 0.3) is 0 Å². The molecule has 0 aliphatic heterocycles. The number of aliphatic hydroxyl groups excluding tert-OH is 1. The number of hydrogen-bond acceptors (Lipinski definition) is 2. The van der Waals surface area contributed by atoms with Crippen LogP contribution in [0.4, 0.5) is 8.78 Å². The Morgan fingerprint density at radius 1 is 1.16 bits per heavy atom. The van der Waals surface area contributed by atoms with E-state index >= 15 is 0 Å². The summed E-state index contributed by atoms with van der Waals surface area (Å²) in [5.41, 5.74) is 0.287. The number of ether oxygens (including phenoxy) is 1. The van der Waals surface area contributed by atoms with Gasteiger partial charge in [0.05, 0.1) is 11.1 Å². The average molecular weight is 285 g/mol. The molecule has 0 amide bonds. The molecule has 0 heterocycles. The molecule has 0 spiro atoms. The Balaban J connectivity index is 2.35. The quantitative estimate of drug-likeness (QED) is 0.901. The number of benzene rings is 2. The van der Waals surface area contributed by atoms with E-state index in [-0.39, 0.29) is 22.1 Å². The Morgan fingerprint density at radius 3 is 2.53 bits per heavy atom. The van der Waals surface area contributed by atoms with Gasteiger partial charge < -0.3 is 9.84 Å². The summed E-state index contributed by atoms with van der Waals surface area (Å²) in [4.78, 5) is 0. The summed E-state index contributed by atoms with van der Waals surface area (Å²) in [7, 11) is 0. The van der Waals surface area contributed by atoms with Crippen molar-refractivity contribution < 1.29 is 18.6 Å². The molecule has 2 aromatic carbocycles. The number of halogens is 3. The summed E-state index contributed by atoms with van der Waals surface area (Å²) in [5, 5.41) is 9.55. The first-order chi connectivity index (χ1) is 8.97. The smallest absolute Gasteiger partial charge is 0.145 e. The Hall–Kier alpha value is -1.65. The van der Waals surface area contributed by atoms with Crippen LogP contribution in [-0.4, -0.2) is 5.11 Å². The molecule has 1 atom stereocenters. The number of rotatable bonds is 3. The first-order valence-electron chi connectivity index (χ1n) is 5.58. The third-order valence-corrected chi connectivity index (χ3v) is 2.85. The zero-order valence-corrected chi connectivity index (χ0v) is 10.8. The van der Waals surface area contributed by atoms with Gasteiger partial charge in [0.2, 0.25) is 0 Å². The zero-order chi connectivity index (χ0) is 14.0. The van der Waals surface area contributed by atoms with Crippen LogP contribution >= 0.6 is 11.6 Å². The highest BCUT2D eigenvalue weighted by molar-refractivity contribution is 6.30. The van der Waals surface area contributed by atoms with Crippen molar-refractivity contribution >= 4 is 11.6 Å². The molecule has 0 aliphatic rings. The predicted octanol–water partition coefficient (Wildman–Crippen LogP) is 4.46. The normalized spacial score (nSPS) is 12.3. The molecule has 0 bridgehead atoms. The van der Waals surface area contributed by atoms with Crippen LogP contribution in [0.2, 0.25) is 5.02 Å². The highest BCUT2D eigenvalue weighted by Crippen LogP contribution is 2.31. The lowest BCUT2D eigenvalue weighted by Gasteiger charge is -2.13. The average Bonchev–Trinajstić information content (AvgIpc) is 2.36. The van der Waals surface area contributed by atoms with Crippen molar-refractivity contribution in [3.63, 3.8) is 0 Å². The fourth-order valence-electron chi connectivity index (χ4n) is 1.61. The summed E-state index contributed by atoms with van der Waals surface area (Å²) in [5.74, 6) is -0.612. The maximum absolute atomic E-state index is 13.3. The minimum atomic E-state index is -0.900. The summed E-state index contributed by atoms with van der Waals surface area (Å²) in [6.07, 6.45) is -0.900. The van der Waals surface area contributed by atoms with E-state index in [2.05, 4.69) is 0 Å². The fraction of sp³-hybridized carbons (Fsp3) is 0.143. The molecule has 0 radical (unpaired) electrons. The summed E-state index contributed by atoms with van der Waals surface area (Å²) < 4.78 is 31.8. The monoisotopic (exact) mass is 284 g/mol. The lowest BCUT2D eigenvalue weighted by Crippen LogP contribution is -1.97. The summed E-state index contributed by atoms with van der Waals surface area (Å²) in [6.45, 7) is 1.49. The molecule has 0 saturated carbocycles. The first kappa shape index (κ1) is 13.8. The third kappa shape index (κ3) is 3.22. The van der Waals surface area contributed by atoms with Crippen LogP contribution in [0, 0.1) is 11.6 Å². The molecule has 0 aliphatic carbocycles. The van der Waals surface area contributed by atoms with Gasteiger partial charge in [-0.15, -0.1) is 0 Å². The maximum Gasteiger partial charge on any atom is 0.145 e. The lowest BCUT2D eigenvalue weighted by molar-refractivity contribution is 0.195. The summed E-state index contributed by atoms with van der Waals surface area (Å²) in [6, 6.07) is 7.72. The van der Waals surface area contributed by atoms with Crippen LogP contribution in [0.3, 0.4) is 0 Å². The predicted molar refractivity (Wildman–Crippen MR) is 68.5 cm³/mol. The SMILES string of the molecule is C[C@H](O)c1cc(F)ccc1Oc1ccc(Cl)c(F)c1. The number of aliphatic hydroxyl groups is 1. The molecular formula is C14H11ClF2O2. The highest BCUT2D eigenvalue weighted by atomic mass is 35.5. The van der Waals surface area contributed by atoms with E-state index < -0.39 is 17.7 Å². The highest BCUT2D eigenvalue weighted by Gasteiger charge is 2.12. The topological polar surface area (TPSA) is 29.5 Å². The second-order valence-corrected chi connectivity index (χ2v) is 4.44. The molecule has 2 rings (SSSR count). The van der Waals surface area contributed by atoms with E-state index in [0.29, 0.717) is 0 Å². The van der Waals surface area contributed by atoms with Crippen molar-refractivity contribution in [2.24, 2.45) is 0 Å². The van der Waals surface area contributed by atoms with Crippen LogP contribution < -0.4 is 4.74 Å². The van der Waals surface area contributed by atoms with Crippen molar-refractivity contribution in [1.29, 1.82) is 0 Å². The second-order valence-electron chi connectivity index (χ2n) is 4.04. The van der Waals surface area contributed by atoms with Gasteiger partial charge >= 0.3 is 0 Å². The lowest BCUT2D eigenvalue weighted by atomic mass is 10.1. The van der Waals surface area contributed by atoms with E-state index in [1.807, 2.05) is 0 Å². The molecule has 19 heavy (non-hydrogen) atoms. The van der Waals surface area contributed by atoms with Gasteiger partial charge in [-0.1, -0.05) is 11.6 Å². The van der Waals surface area contributed by atoms with Gasteiger partial charge in [-0.25, -0.2) is 8.78 Å². The van der Waals surface area contributed by atoms with Crippen molar-refractivity contribution in [3.05, 3.63) is 58.6 Å². The Bertz CT molecular complexity index is 600. The van der Waals surface area contributed by atoms with Gasteiger partial charge in [0.15, 0.2) is 0 Å². The van der Waals surface area contributed by atoms with Crippen molar-refractivity contribution in [2.45, 2.75) is 13.0 Å². The van der Waals surface area contributed by atoms with Crippen LogP contribution in [0.15, 0.2) is 36.4 Å². The molecule has 5 heteroatoms. The Kier molecular flexibility index (Phi) is 4.02. The second kappa shape index (κ2) is 5.55. The van der Waals surface area contributed by atoms with Crippen LogP contribution in [-0.2, 0) is 0 Å². The fourth-order valence-corrected chi connectivity index (χ4v) is 1.72. The number of hydrogen-bond donors (Lipinski definition) is 1. The van der Waals surface area contributed by atoms with E-state index in [1.165, 1.54) is 37.3 Å². The van der Waals surface area contributed by atoms with Crippen LogP contribution in [0.5, 0.6) is 11.5 Å². The molecule has 0 fully saturated rings. The van der Waals surface area contributed by atoms with Gasteiger partial charge in [-0.05, 0) is 37.3 Å². The van der Waals surface area contributed by atoms with Crippen LogP contribution in [0.1, 0.15) is 18.6 Å². The minimum absolute atomic E-state index is 0.0118. The first-order valence-corrected chi connectivity index (χ1v) is 5.95. The Labute approximate surface area is 114 Å². The van der Waals surface area contributed by atoms with Crippen molar-refractivity contribution in [1.82, 2.24) is 0 Å². The summed E-state index contributed by atoms with van der Waals surface area (Å²) >= 11 is 5.57. The van der Waals surface area contributed by atoms with Gasteiger partial charge in [0.25, 0.3) is 0 Å². The third-order valence-electron chi connectivity index (χ3n) is 2.54. The molecule has 0 unspecified atom stereocenters. The van der Waals surface area contributed by atoms with Crippen molar-refractivity contribution in [3.8, 4) is 11.5 Å². The Morgan fingerprint density at radius 2 is 1.89 bits per heavy atom. The molecular weight excluding hydrogens is 274 g/mol. The maximum atomic E-state index is 13.3.